The Morgan fingerprint density at radius 1 is 1.27 bits per heavy atom. The molecule has 6 heteroatoms. The molecule has 0 saturated carbocycles. The number of aryl methyl sites for hydroxylation is 1. The molecule has 1 aliphatic heterocycles. The van der Waals surface area contributed by atoms with Crippen LogP contribution in [-0.2, 0) is 6.42 Å². The number of nitrogens with zero attached hydrogens (tertiary/aromatic N) is 4. The van der Waals surface area contributed by atoms with E-state index in [1.54, 1.807) is 11.8 Å². The van der Waals surface area contributed by atoms with E-state index in [1.807, 2.05) is 12.5 Å². The van der Waals surface area contributed by atoms with Gasteiger partial charge in [-0.3, -0.25) is 5.10 Å². The molecule has 3 aromatic rings. The first-order chi connectivity index (χ1) is 10.7. The largest absolute Gasteiger partial charge is 0.359 e. The van der Waals surface area contributed by atoms with Crippen LogP contribution in [0.5, 0.6) is 0 Å². The smallest absolute Gasteiger partial charge is 0.189 e. The van der Waals surface area contributed by atoms with Crippen molar-refractivity contribution in [3.8, 4) is 11.3 Å². The molecule has 0 fully saturated rings. The fourth-order valence-electron chi connectivity index (χ4n) is 3.12. The van der Waals surface area contributed by atoms with Crippen LogP contribution in [0.3, 0.4) is 0 Å². The van der Waals surface area contributed by atoms with Crippen LogP contribution >= 0.6 is 11.8 Å². The monoisotopic (exact) mass is 311 g/mol. The van der Waals surface area contributed by atoms with Gasteiger partial charge in [0, 0.05) is 30.1 Å². The lowest BCUT2D eigenvalue weighted by Gasteiger charge is -2.15. The van der Waals surface area contributed by atoms with Gasteiger partial charge in [-0.15, -0.1) is 0 Å². The Hall–Kier alpha value is -2.08. The normalized spacial score (nSPS) is 13.9. The summed E-state index contributed by atoms with van der Waals surface area (Å²) < 4.78 is 0. The second-order valence-corrected chi connectivity index (χ2v) is 6.39. The molecule has 2 aromatic heterocycles. The van der Waals surface area contributed by atoms with Gasteiger partial charge in [0.25, 0.3) is 0 Å². The Kier molecular flexibility index (Phi) is 3.07. The van der Waals surface area contributed by atoms with Crippen LogP contribution in [0.25, 0.3) is 22.2 Å². The summed E-state index contributed by atoms with van der Waals surface area (Å²) in [5.41, 5.74) is 5.75. The van der Waals surface area contributed by atoms with Crippen LogP contribution in [0.15, 0.2) is 23.5 Å². The topological polar surface area (TPSA) is 57.7 Å². The molecule has 1 aromatic carbocycles. The fourth-order valence-corrected chi connectivity index (χ4v) is 3.48. The number of nitrogens with one attached hydrogen (secondary N) is 1. The summed E-state index contributed by atoms with van der Waals surface area (Å²) in [7, 11) is 2.10. The maximum Gasteiger partial charge on any atom is 0.189 e. The van der Waals surface area contributed by atoms with Gasteiger partial charge < -0.3 is 4.90 Å². The number of H-pyrrole nitrogens is 1. The molecule has 0 amide bonds. The van der Waals surface area contributed by atoms with Crippen LogP contribution in [0.1, 0.15) is 11.1 Å². The number of anilines is 1. The molecule has 3 heterocycles. The molecule has 4 rings (SSSR count). The summed E-state index contributed by atoms with van der Waals surface area (Å²) in [6, 6.07) is 4.20. The van der Waals surface area contributed by atoms with Crippen molar-refractivity contribution in [2.75, 3.05) is 24.7 Å². The van der Waals surface area contributed by atoms with Gasteiger partial charge in [-0.2, -0.15) is 5.10 Å². The average Bonchev–Trinajstić information content (AvgIpc) is 3.13. The molecular weight excluding hydrogens is 294 g/mol. The lowest BCUT2D eigenvalue weighted by atomic mass is 9.97. The molecule has 0 unspecified atom stereocenters. The van der Waals surface area contributed by atoms with Crippen LogP contribution < -0.4 is 4.90 Å². The first-order valence-corrected chi connectivity index (χ1v) is 8.50. The van der Waals surface area contributed by atoms with Crippen molar-refractivity contribution in [1.82, 2.24) is 20.2 Å². The first kappa shape index (κ1) is 13.6. The number of fused-ring (bicyclic) bond motifs is 2. The van der Waals surface area contributed by atoms with Crippen molar-refractivity contribution in [1.29, 1.82) is 0 Å². The molecule has 22 heavy (non-hydrogen) atoms. The van der Waals surface area contributed by atoms with Gasteiger partial charge >= 0.3 is 0 Å². The number of hydrogen-bond donors (Lipinski definition) is 1. The van der Waals surface area contributed by atoms with E-state index in [0.717, 1.165) is 40.5 Å². The molecule has 0 radical (unpaired) electrons. The van der Waals surface area contributed by atoms with Crippen molar-refractivity contribution in [2.24, 2.45) is 0 Å². The van der Waals surface area contributed by atoms with Crippen LogP contribution in [0.4, 0.5) is 5.82 Å². The van der Waals surface area contributed by atoms with E-state index in [1.165, 1.54) is 16.7 Å². The Balaban J connectivity index is 2.07. The number of aromatic amines is 1. The second-order valence-electron chi connectivity index (χ2n) is 5.62. The Labute approximate surface area is 133 Å². The summed E-state index contributed by atoms with van der Waals surface area (Å²) in [5.74, 6) is 1.06. The molecule has 1 N–H and O–H groups in total. The highest BCUT2D eigenvalue weighted by atomic mass is 32.2. The quantitative estimate of drug-likeness (QED) is 0.582. The maximum absolute atomic E-state index is 4.84. The molecule has 1 aliphatic rings. The standard InChI is InChI=1S/C16H17N5S/c1-9-4-5-12-11(8-17-20-12)13(9)14-10-6-7-21(2)15(10)19-16(18-14)22-3/h4-5,8H,6-7H2,1-3H3,(H,17,20). The molecule has 0 aliphatic carbocycles. The Morgan fingerprint density at radius 2 is 2.14 bits per heavy atom. The summed E-state index contributed by atoms with van der Waals surface area (Å²) in [6.45, 7) is 3.13. The van der Waals surface area contributed by atoms with Crippen molar-refractivity contribution in [2.45, 2.75) is 18.5 Å². The third-order valence-electron chi connectivity index (χ3n) is 4.28. The number of benzene rings is 1. The third kappa shape index (κ3) is 1.90. The number of rotatable bonds is 2. The predicted octanol–water partition coefficient (Wildman–Crippen LogP) is 3.04. The number of hydrogen-bond acceptors (Lipinski definition) is 5. The summed E-state index contributed by atoms with van der Waals surface area (Å²) in [6.07, 6.45) is 4.90. The summed E-state index contributed by atoms with van der Waals surface area (Å²) >= 11 is 1.59. The number of thioether (sulfide) groups is 1. The molecule has 0 bridgehead atoms. The van der Waals surface area contributed by atoms with Gasteiger partial charge in [-0.1, -0.05) is 17.8 Å². The van der Waals surface area contributed by atoms with E-state index in [2.05, 4.69) is 41.2 Å². The van der Waals surface area contributed by atoms with E-state index in [9.17, 15) is 0 Å². The zero-order valence-corrected chi connectivity index (χ0v) is 13.7. The zero-order valence-electron chi connectivity index (χ0n) is 12.8. The van der Waals surface area contributed by atoms with Crippen molar-refractivity contribution < 1.29 is 0 Å². The van der Waals surface area contributed by atoms with Gasteiger partial charge in [-0.05, 0) is 31.2 Å². The molecule has 0 saturated heterocycles. The predicted molar refractivity (Wildman–Crippen MR) is 90.6 cm³/mol. The Bertz CT molecular complexity index is 870. The molecular formula is C16H17N5S. The van der Waals surface area contributed by atoms with Crippen LogP contribution in [0, 0.1) is 6.92 Å². The lowest BCUT2D eigenvalue weighted by Crippen LogP contribution is -2.14. The zero-order chi connectivity index (χ0) is 15.3. The lowest BCUT2D eigenvalue weighted by molar-refractivity contribution is 0.924. The highest BCUT2D eigenvalue weighted by molar-refractivity contribution is 7.98. The van der Waals surface area contributed by atoms with E-state index in [4.69, 9.17) is 9.97 Å². The highest BCUT2D eigenvalue weighted by Crippen LogP contribution is 2.38. The molecule has 0 atom stereocenters. The SMILES string of the molecule is CSc1nc(-c2c(C)ccc3[nH]ncc23)c2c(n1)N(C)CC2. The Morgan fingerprint density at radius 3 is 2.95 bits per heavy atom. The van der Waals surface area contributed by atoms with Gasteiger partial charge in [0.1, 0.15) is 5.82 Å². The third-order valence-corrected chi connectivity index (χ3v) is 4.82. The minimum absolute atomic E-state index is 0.822. The molecule has 112 valence electrons. The second kappa shape index (κ2) is 4.98. The van der Waals surface area contributed by atoms with E-state index < -0.39 is 0 Å². The summed E-state index contributed by atoms with van der Waals surface area (Å²) in [5, 5.41) is 9.20. The number of likely N-dealkylation sites (N-methyl/N-ethyl adjacent to an activating group) is 1. The molecule has 0 spiro atoms. The van der Waals surface area contributed by atoms with E-state index >= 15 is 0 Å². The van der Waals surface area contributed by atoms with Gasteiger partial charge in [0.05, 0.1) is 17.4 Å². The van der Waals surface area contributed by atoms with E-state index in [-0.39, 0.29) is 0 Å². The summed E-state index contributed by atoms with van der Waals surface area (Å²) in [4.78, 5) is 11.7. The number of aromatic nitrogens is 4. The van der Waals surface area contributed by atoms with Gasteiger partial charge in [0.2, 0.25) is 0 Å². The fraction of sp³-hybridized carbons (Fsp3) is 0.312. The first-order valence-electron chi connectivity index (χ1n) is 7.28. The van der Waals surface area contributed by atoms with Gasteiger partial charge in [-0.25, -0.2) is 9.97 Å². The van der Waals surface area contributed by atoms with Crippen LogP contribution in [-0.4, -0.2) is 40.0 Å². The van der Waals surface area contributed by atoms with Crippen LogP contribution in [0.2, 0.25) is 0 Å². The maximum atomic E-state index is 4.84. The van der Waals surface area contributed by atoms with Crippen molar-refractivity contribution >= 4 is 28.5 Å². The highest BCUT2D eigenvalue weighted by Gasteiger charge is 2.25. The average molecular weight is 311 g/mol. The minimum Gasteiger partial charge on any atom is -0.359 e. The van der Waals surface area contributed by atoms with Crippen molar-refractivity contribution in [3.63, 3.8) is 0 Å². The van der Waals surface area contributed by atoms with E-state index in [0.29, 0.717) is 0 Å². The van der Waals surface area contributed by atoms with Crippen molar-refractivity contribution in [3.05, 3.63) is 29.5 Å². The minimum atomic E-state index is 0.822. The van der Waals surface area contributed by atoms with Gasteiger partial charge in [0.15, 0.2) is 5.16 Å². The molecule has 5 nitrogen and oxygen atoms in total.